The number of aromatic hydroxyl groups is 2. The highest BCUT2D eigenvalue weighted by Gasteiger charge is 2.38. The molecule has 2 rings (SSSR count). The van der Waals surface area contributed by atoms with Crippen LogP contribution in [0.3, 0.4) is 0 Å². The van der Waals surface area contributed by atoms with E-state index in [4.69, 9.17) is 9.05 Å². The molecule has 0 saturated heterocycles. The molecule has 2 aromatic heterocycles. The third-order valence-corrected chi connectivity index (χ3v) is 6.28. The van der Waals surface area contributed by atoms with Gasteiger partial charge in [-0.1, -0.05) is 47.5 Å². The van der Waals surface area contributed by atoms with Crippen LogP contribution in [0.4, 0.5) is 0 Å². The van der Waals surface area contributed by atoms with Gasteiger partial charge in [0.2, 0.25) is 0 Å². The summed E-state index contributed by atoms with van der Waals surface area (Å²) in [4.78, 5) is 0. The highest BCUT2D eigenvalue weighted by atomic mass is 16.5. The molecule has 8 nitrogen and oxygen atoms in total. The zero-order valence-corrected chi connectivity index (χ0v) is 20.8. The number of aliphatic hydroxyl groups excluding tert-OH is 2. The van der Waals surface area contributed by atoms with Crippen molar-refractivity contribution < 1.29 is 29.5 Å². The molecule has 33 heavy (non-hydrogen) atoms. The Labute approximate surface area is 197 Å². The normalized spacial score (nSPS) is 14.7. The van der Waals surface area contributed by atoms with Crippen LogP contribution < -0.4 is 0 Å². The topological polar surface area (TPSA) is 133 Å². The van der Waals surface area contributed by atoms with Crippen molar-refractivity contribution in [1.82, 2.24) is 10.3 Å². The predicted octanol–water partition coefficient (Wildman–Crippen LogP) is 5.51. The van der Waals surface area contributed by atoms with Crippen LogP contribution in [0.15, 0.2) is 21.2 Å². The largest absolute Gasteiger partial charge is 0.491 e. The molecule has 0 aliphatic carbocycles. The first kappa shape index (κ1) is 27.2. The molecule has 0 aromatic carbocycles. The highest BCUT2D eigenvalue weighted by molar-refractivity contribution is 5.26. The van der Waals surface area contributed by atoms with Gasteiger partial charge < -0.3 is 29.5 Å². The quantitative estimate of drug-likeness (QED) is 0.286. The molecule has 0 aliphatic rings. The van der Waals surface area contributed by atoms with Crippen molar-refractivity contribution in [3.63, 3.8) is 0 Å². The molecule has 2 atom stereocenters. The summed E-state index contributed by atoms with van der Waals surface area (Å²) in [6.45, 7) is 10.7. The Hall–Kier alpha value is -2.06. The minimum atomic E-state index is -0.412. The summed E-state index contributed by atoms with van der Waals surface area (Å²) in [7, 11) is 0. The van der Waals surface area contributed by atoms with Gasteiger partial charge >= 0.3 is 0 Å². The van der Waals surface area contributed by atoms with Crippen molar-refractivity contribution in [3.05, 3.63) is 23.7 Å². The second-order valence-electron chi connectivity index (χ2n) is 11.2. The number of hydrogen-bond acceptors (Lipinski definition) is 8. The third kappa shape index (κ3) is 9.37. The Bertz CT molecular complexity index is 783. The summed E-state index contributed by atoms with van der Waals surface area (Å²) in [6, 6.07) is 2.88. The Morgan fingerprint density at radius 3 is 1.55 bits per heavy atom. The Morgan fingerprint density at radius 1 is 0.727 bits per heavy atom. The first-order chi connectivity index (χ1) is 15.4. The van der Waals surface area contributed by atoms with Gasteiger partial charge in [0.25, 0.3) is 11.8 Å². The standard InChI is InChI=1S/C25H42N2O6/c1-24(2,3)13-7-11-17(28)9-6-10-18(29)12-8-14-25(4,5)23(19-15-21(30)26-32-19)20-16-22(31)27-33-20/h15-18,23,28-29H,6-14H2,1-5H3,(H,26,30)(H,27,31). The van der Waals surface area contributed by atoms with Gasteiger partial charge in [0, 0.05) is 12.1 Å². The second-order valence-corrected chi connectivity index (χ2v) is 11.2. The van der Waals surface area contributed by atoms with Gasteiger partial charge in [-0.25, -0.2) is 0 Å². The summed E-state index contributed by atoms with van der Waals surface area (Å²) in [5.41, 5.74) is -0.0781. The molecular weight excluding hydrogens is 424 g/mol. The zero-order valence-electron chi connectivity index (χ0n) is 20.8. The lowest BCUT2D eigenvalue weighted by Crippen LogP contribution is -2.23. The van der Waals surface area contributed by atoms with Crippen molar-refractivity contribution >= 4 is 0 Å². The van der Waals surface area contributed by atoms with Gasteiger partial charge in [0.1, 0.15) is 0 Å². The number of aromatic nitrogens is 2. The molecule has 0 aliphatic heterocycles. The average Bonchev–Trinajstić information content (AvgIpc) is 3.29. The van der Waals surface area contributed by atoms with E-state index in [1.807, 2.05) is 13.8 Å². The van der Waals surface area contributed by atoms with Crippen LogP contribution in [0.25, 0.3) is 0 Å². The van der Waals surface area contributed by atoms with E-state index in [0.29, 0.717) is 29.8 Å². The van der Waals surface area contributed by atoms with E-state index >= 15 is 0 Å². The number of nitrogens with zero attached hydrogens (tertiary/aromatic N) is 2. The summed E-state index contributed by atoms with van der Waals surface area (Å²) >= 11 is 0. The predicted molar refractivity (Wildman–Crippen MR) is 125 cm³/mol. The maximum Gasteiger partial charge on any atom is 0.251 e. The fourth-order valence-corrected chi connectivity index (χ4v) is 4.42. The zero-order chi connectivity index (χ0) is 24.6. The van der Waals surface area contributed by atoms with Gasteiger partial charge in [-0.05, 0) is 66.1 Å². The van der Waals surface area contributed by atoms with Crippen LogP contribution in [0.2, 0.25) is 0 Å². The maximum absolute atomic E-state index is 10.4. The van der Waals surface area contributed by atoms with E-state index < -0.39 is 12.0 Å². The van der Waals surface area contributed by atoms with Gasteiger partial charge in [0.15, 0.2) is 11.5 Å². The highest BCUT2D eigenvalue weighted by Crippen LogP contribution is 2.45. The molecule has 2 aromatic rings. The first-order valence-corrected chi connectivity index (χ1v) is 12.0. The maximum atomic E-state index is 10.4. The Morgan fingerprint density at radius 2 is 1.15 bits per heavy atom. The van der Waals surface area contributed by atoms with Crippen LogP contribution in [-0.2, 0) is 0 Å². The Balaban J connectivity index is 1.79. The number of rotatable bonds is 14. The van der Waals surface area contributed by atoms with Crippen LogP contribution in [0.5, 0.6) is 11.8 Å². The third-order valence-electron chi connectivity index (χ3n) is 6.28. The smallest absolute Gasteiger partial charge is 0.251 e. The van der Waals surface area contributed by atoms with Gasteiger partial charge in [-0.3, -0.25) is 0 Å². The minimum absolute atomic E-state index is 0.217. The first-order valence-electron chi connectivity index (χ1n) is 12.0. The molecule has 188 valence electrons. The van der Waals surface area contributed by atoms with Crippen LogP contribution in [0, 0.1) is 10.8 Å². The van der Waals surface area contributed by atoms with Crippen LogP contribution in [0.1, 0.15) is 110 Å². The fourth-order valence-electron chi connectivity index (χ4n) is 4.42. The van der Waals surface area contributed by atoms with Crippen LogP contribution >= 0.6 is 0 Å². The van der Waals surface area contributed by atoms with Crippen molar-refractivity contribution in [2.45, 2.75) is 111 Å². The molecule has 0 saturated carbocycles. The summed E-state index contributed by atoms with van der Waals surface area (Å²) in [5.74, 6) is 0.0140. The van der Waals surface area contributed by atoms with E-state index in [9.17, 15) is 20.4 Å². The number of aliphatic hydroxyl groups is 2. The summed E-state index contributed by atoms with van der Waals surface area (Å²) < 4.78 is 10.6. The average molecular weight is 467 g/mol. The SMILES string of the molecule is CC(C)(C)CCCC(O)CCCC(O)CCCC(C)(C)C(c1cc(O)no1)c1cc(O)no1. The molecule has 0 fully saturated rings. The summed E-state index contributed by atoms with van der Waals surface area (Å²) in [6.07, 6.45) is 6.60. The molecule has 0 amide bonds. The van der Waals surface area contributed by atoms with Crippen molar-refractivity contribution in [2.24, 2.45) is 10.8 Å². The van der Waals surface area contributed by atoms with Crippen LogP contribution in [-0.4, -0.2) is 42.9 Å². The molecular formula is C25H42N2O6. The van der Waals surface area contributed by atoms with E-state index in [2.05, 4.69) is 31.1 Å². The van der Waals surface area contributed by atoms with Crippen molar-refractivity contribution in [3.8, 4) is 11.8 Å². The van der Waals surface area contributed by atoms with E-state index in [-0.39, 0.29) is 23.3 Å². The molecule has 4 N–H and O–H groups in total. The van der Waals surface area contributed by atoms with Gasteiger partial charge in [0.05, 0.1) is 18.1 Å². The lowest BCUT2D eigenvalue weighted by Gasteiger charge is -2.31. The molecule has 8 heteroatoms. The lowest BCUT2D eigenvalue weighted by molar-refractivity contribution is 0.115. The molecule has 0 radical (unpaired) electrons. The molecule has 2 unspecified atom stereocenters. The molecule has 0 spiro atoms. The summed E-state index contributed by atoms with van der Waals surface area (Å²) in [5, 5.41) is 47.0. The van der Waals surface area contributed by atoms with Gasteiger partial charge in [-0.2, -0.15) is 0 Å². The van der Waals surface area contributed by atoms with Crippen molar-refractivity contribution in [1.29, 1.82) is 0 Å². The van der Waals surface area contributed by atoms with Gasteiger partial charge in [-0.15, -0.1) is 0 Å². The monoisotopic (exact) mass is 466 g/mol. The Kier molecular flexibility index (Phi) is 9.79. The van der Waals surface area contributed by atoms with E-state index in [1.165, 1.54) is 12.1 Å². The lowest BCUT2D eigenvalue weighted by atomic mass is 9.72. The fraction of sp³-hybridized carbons (Fsp3) is 0.760. The number of hydrogen-bond donors (Lipinski definition) is 4. The minimum Gasteiger partial charge on any atom is -0.491 e. The van der Waals surface area contributed by atoms with Crippen molar-refractivity contribution in [2.75, 3.05) is 0 Å². The molecule has 0 bridgehead atoms. The molecule has 2 heterocycles. The second kappa shape index (κ2) is 11.9. The van der Waals surface area contributed by atoms with E-state index in [0.717, 1.165) is 44.9 Å². The van der Waals surface area contributed by atoms with E-state index in [1.54, 1.807) is 0 Å².